The number of nitrogens with one attached hydrogen (secondary N) is 1. The van der Waals surface area contributed by atoms with Gasteiger partial charge in [0.25, 0.3) is 0 Å². The third kappa shape index (κ3) is 7.76. The second kappa shape index (κ2) is 12.9. The molecule has 0 saturated carbocycles. The number of quaternary nitrogens is 1. The first-order chi connectivity index (χ1) is 17.9. The summed E-state index contributed by atoms with van der Waals surface area (Å²) in [6.45, 7) is 14.9. The highest BCUT2D eigenvalue weighted by Gasteiger charge is 2.41. The smallest absolute Gasteiger partial charge is 0.0797 e. The van der Waals surface area contributed by atoms with E-state index in [1.54, 1.807) is 5.57 Å². The highest BCUT2D eigenvalue weighted by Crippen LogP contribution is 2.50. The van der Waals surface area contributed by atoms with Crippen LogP contribution >= 0.6 is 15.9 Å². The lowest BCUT2D eigenvalue weighted by atomic mass is 9.79. The fraction of sp³-hybridized carbons (Fsp3) is 0.529. The van der Waals surface area contributed by atoms with Crippen LogP contribution in [0, 0.1) is 5.41 Å². The topological polar surface area (TPSA) is 15.3 Å². The third-order valence-corrected chi connectivity index (χ3v) is 8.39. The minimum Gasteiger partial charge on any atom is -0.385 e. The zero-order valence-electron chi connectivity index (χ0n) is 25.2. The molecule has 3 nitrogen and oxygen atoms in total. The Kier molecular flexibility index (Phi) is 10.3. The summed E-state index contributed by atoms with van der Waals surface area (Å²) in [5.74, 6) is 0. The molecule has 0 saturated heterocycles. The molecular weight excluding hydrogens is 530 g/mol. The molecule has 0 unspecified atom stereocenters. The van der Waals surface area contributed by atoms with Gasteiger partial charge < -0.3 is 14.7 Å². The molecule has 0 amide bonds. The molecule has 4 heteroatoms. The van der Waals surface area contributed by atoms with E-state index in [9.17, 15) is 0 Å². The SMILES string of the molecule is CCCNc1ccccc1C(C)(C)C/C=C/C(Br)=C/C=C1\N(CCC[N+](C)(C)C)C2=C(CCC=C2)C1(C)C. The van der Waals surface area contributed by atoms with Crippen molar-refractivity contribution in [1.82, 2.24) is 4.90 Å². The molecule has 1 N–H and O–H groups in total. The quantitative estimate of drug-likeness (QED) is 0.196. The molecule has 3 rings (SSSR count). The Morgan fingerprint density at radius 2 is 1.92 bits per heavy atom. The molecule has 1 heterocycles. The van der Waals surface area contributed by atoms with E-state index in [1.165, 1.54) is 35.6 Å². The van der Waals surface area contributed by atoms with Gasteiger partial charge in [0, 0.05) is 46.5 Å². The lowest BCUT2D eigenvalue weighted by molar-refractivity contribution is -0.870. The van der Waals surface area contributed by atoms with Crippen LogP contribution in [0.2, 0.25) is 0 Å². The van der Waals surface area contributed by atoms with E-state index >= 15 is 0 Å². The van der Waals surface area contributed by atoms with Crippen LogP contribution in [0.1, 0.15) is 72.3 Å². The molecule has 0 spiro atoms. The molecule has 0 fully saturated rings. The summed E-state index contributed by atoms with van der Waals surface area (Å²) in [6, 6.07) is 8.74. The van der Waals surface area contributed by atoms with E-state index in [1.807, 2.05) is 0 Å². The summed E-state index contributed by atoms with van der Waals surface area (Å²) in [4.78, 5) is 2.59. The van der Waals surface area contributed by atoms with Crippen LogP contribution in [0.4, 0.5) is 5.69 Å². The summed E-state index contributed by atoms with van der Waals surface area (Å²) in [7, 11) is 6.84. The Bertz CT molecular complexity index is 1110. The Morgan fingerprint density at radius 3 is 2.63 bits per heavy atom. The van der Waals surface area contributed by atoms with E-state index in [-0.39, 0.29) is 10.8 Å². The first-order valence-corrected chi connectivity index (χ1v) is 15.2. The molecule has 208 valence electrons. The Morgan fingerprint density at radius 1 is 1.18 bits per heavy atom. The number of allylic oxidation sites excluding steroid dienone is 8. The van der Waals surface area contributed by atoms with E-state index in [0.717, 1.165) is 47.7 Å². The highest BCUT2D eigenvalue weighted by atomic mass is 79.9. The number of anilines is 1. The van der Waals surface area contributed by atoms with Gasteiger partial charge in [-0.1, -0.05) is 87.0 Å². The fourth-order valence-corrected chi connectivity index (χ4v) is 6.00. The normalized spacial score (nSPS) is 19.1. The van der Waals surface area contributed by atoms with Gasteiger partial charge >= 0.3 is 0 Å². The fourth-order valence-electron chi connectivity index (χ4n) is 5.68. The van der Waals surface area contributed by atoms with Gasteiger partial charge in [-0.15, -0.1) is 0 Å². The van der Waals surface area contributed by atoms with Gasteiger partial charge in [0.1, 0.15) is 0 Å². The standard InChI is InChI=1S/C34H51BrN3/c1-9-24-36-30-19-12-10-17-28(30)33(2,3)23-14-16-27(35)21-22-32-34(4,5)29-18-11-13-20-31(29)37(32)25-15-26-38(6,7)8/h10,12-14,16-17,19-22,36H,9,11,15,18,23-26H2,1-8H3/q+1/b16-14+,27-21-,32-22-. The average molecular weight is 582 g/mol. The van der Waals surface area contributed by atoms with Crippen LogP contribution in [0.3, 0.4) is 0 Å². The number of halogens is 1. The molecule has 38 heavy (non-hydrogen) atoms. The number of benzene rings is 1. The number of rotatable bonds is 12. The van der Waals surface area contributed by atoms with Crippen LogP contribution < -0.4 is 5.32 Å². The van der Waals surface area contributed by atoms with E-state index in [0.29, 0.717) is 0 Å². The number of nitrogens with zero attached hydrogens (tertiary/aromatic N) is 2. The largest absolute Gasteiger partial charge is 0.385 e. The lowest BCUT2D eigenvalue weighted by Gasteiger charge is -2.30. The van der Waals surface area contributed by atoms with Gasteiger partial charge in [-0.3, -0.25) is 0 Å². The lowest BCUT2D eigenvalue weighted by Crippen LogP contribution is -2.37. The molecule has 0 atom stereocenters. The molecular formula is C34H51BrN3+. The van der Waals surface area contributed by atoms with Gasteiger partial charge in [0.15, 0.2) is 0 Å². The Labute approximate surface area is 241 Å². The highest BCUT2D eigenvalue weighted by molar-refractivity contribution is 9.11. The van der Waals surface area contributed by atoms with Gasteiger partial charge in [0.2, 0.25) is 0 Å². The van der Waals surface area contributed by atoms with Gasteiger partial charge in [-0.25, -0.2) is 0 Å². The Hall–Kier alpha value is -2.04. The molecule has 0 bridgehead atoms. The molecule has 1 aliphatic heterocycles. The van der Waals surface area contributed by atoms with Crippen LogP contribution in [0.15, 0.2) is 82.2 Å². The zero-order valence-corrected chi connectivity index (χ0v) is 26.8. The van der Waals surface area contributed by atoms with Crippen molar-refractivity contribution in [1.29, 1.82) is 0 Å². The van der Waals surface area contributed by atoms with Crippen LogP contribution in [-0.2, 0) is 5.41 Å². The molecule has 1 aromatic carbocycles. The van der Waals surface area contributed by atoms with Crippen molar-refractivity contribution in [3.05, 3.63) is 87.7 Å². The molecule has 1 aromatic rings. The van der Waals surface area contributed by atoms with Crippen molar-refractivity contribution in [2.45, 2.75) is 72.1 Å². The van der Waals surface area contributed by atoms with E-state index in [4.69, 9.17) is 0 Å². The molecule has 1 aliphatic carbocycles. The predicted octanol–water partition coefficient (Wildman–Crippen LogP) is 8.94. The first-order valence-electron chi connectivity index (χ1n) is 14.4. The number of hydrogen-bond acceptors (Lipinski definition) is 2. The van der Waals surface area contributed by atoms with Crippen molar-refractivity contribution in [3.8, 4) is 0 Å². The molecule has 0 radical (unpaired) electrons. The minimum absolute atomic E-state index is 0.0463. The van der Waals surface area contributed by atoms with Crippen molar-refractivity contribution in [3.63, 3.8) is 0 Å². The zero-order chi connectivity index (χ0) is 28.0. The summed E-state index contributed by atoms with van der Waals surface area (Å²) in [5.41, 5.74) is 7.18. The maximum atomic E-state index is 3.84. The third-order valence-electron chi connectivity index (χ3n) is 7.86. The van der Waals surface area contributed by atoms with E-state index in [2.05, 4.69) is 143 Å². The van der Waals surface area contributed by atoms with Crippen LogP contribution in [0.5, 0.6) is 0 Å². The average Bonchev–Trinajstić information content (AvgIpc) is 3.06. The van der Waals surface area contributed by atoms with Crippen molar-refractivity contribution in [2.75, 3.05) is 46.1 Å². The minimum atomic E-state index is 0.0463. The van der Waals surface area contributed by atoms with Gasteiger partial charge in [0.05, 0.1) is 27.7 Å². The summed E-state index contributed by atoms with van der Waals surface area (Å²) >= 11 is 3.84. The Balaban J connectivity index is 1.76. The van der Waals surface area contributed by atoms with Crippen molar-refractivity contribution >= 4 is 21.6 Å². The second-order valence-corrected chi connectivity index (χ2v) is 13.9. The summed E-state index contributed by atoms with van der Waals surface area (Å²) in [5, 5.41) is 3.61. The molecule has 2 aliphatic rings. The van der Waals surface area contributed by atoms with E-state index < -0.39 is 0 Å². The molecule has 0 aromatic heterocycles. The van der Waals surface area contributed by atoms with Crippen molar-refractivity contribution in [2.24, 2.45) is 5.41 Å². The maximum Gasteiger partial charge on any atom is 0.0797 e. The predicted molar refractivity (Wildman–Crippen MR) is 171 cm³/mol. The van der Waals surface area contributed by atoms with Gasteiger partial charge in [-0.2, -0.15) is 0 Å². The van der Waals surface area contributed by atoms with Crippen LogP contribution in [0.25, 0.3) is 0 Å². The summed E-state index contributed by atoms with van der Waals surface area (Å²) in [6.07, 6.45) is 19.4. The van der Waals surface area contributed by atoms with Crippen molar-refractivity contribution < 1.29 is 4.48 Å². The van der Waals surface area contributed by atoms with Crippen LogP contribution in [-0.4, -0.2) is 50.2 Å². The van der Waals surface area contributed by atoms with Gasteiger partial charge in [-0.05, 0) is 66.5 Å². The maximum absolute atomic E-state index is 3.84. The first kappa shape index (κ1) is 30.5. The summed E-state index contributed by atoms with van der Waals surface area (Å²) < 4.78 is 2.12. The second-order valence-electron chi connectivity index (χ2n) is 13.0. The monoisotopic (exact) mass is 580 g/mol. The number of hydrogen-bond donors (Lipinski definition) is 1. The number of para-hydroxylation sites is 1.